The summed E-state index contributed by atoms with van der Waals surface area (Å²) in [6.07, 6.45) is 4.04. The third-order valence-electron chi connectivity index (χ3n) is 4.73. The maximum atomic E-state index is 12.3. The average molecular weight is 313 g/mol. The Hall–Kier alpha value is -2.17. The Morgan fingerprint density at radius 2 is 2.09 bits per heavy atom. The van der Waals surface area contributed by atoms with E-state index in [-0.39, 0.29) is 23.8 Å². The summed E-state index contributed by atoms with van der Waals surface area (Å²) in [5, 5.41) is 7.19. The molecule has 1 aliphatic rings. The van der Waals surface area contributed by atoms with Crippen LogP contribution in [0, 0.1) is 11.8 Å². The summed E-state index contributed by atoms with van der Waals surface area (Å²) in [4.78, 5) is 16.8. The van der Waals surface area contributed by atoms with E-state index in [1.807, 2.05) is 30.3 Å². The van der Waals surface area contributed by atoms with Gasteiger partial charge in [-0.1, -0.05) is 62.2 Å². The van der Waals surface area contributed by atoms with Gasteiger partial charge < -0.3 is 9.84 Å². The van der Waals surface area contributed by atoms with Crippen molar-refractivity contribution >= 4 is 5.91 Å². The van der Waals surface area contributed by atoms with Crippen LogP contribution >= 0.6 is 0 Å². The number of hydrogen-bond acceptors (Lipinski definition) is 4. The fraction of sp³-hybridized carbons (Fsp3) is 0.500. The summed E-state index contributed by atoms with van der Waals surface area (Å²) in [5.41, 5.74) is 0.913. The molecule has 0 saturated heterocycles. The zero-order valence-corrected chi connectivity index (χ0v) is 13.7. The van der Waals surface area contributed by atoms with E-state index in [0.717, 1.165) is 31.2 Å². The normalized spacial score (nSPS) is 17.3. The van der Waals surface area contributed by atoms with E-state index in [2.05, 4.69) is 29.3 Å². The van der Waals surface area contributed by atoms with Crippen LogP contribution < -0.4 is 5.32 Å². The molecule has 1 N–H and O–H groups in total. The third-order valence-corrected chi connectivity index (χ3v) is 4.73. The number of benzene rings is 1. The Labute approximate surface area is 136 Å². The minimum absolute atomic E-state index is 0.112. The van der Waals surface area contributed by atoms with Gasteiger partial charge in [0.1, 0.15) is 6.04 Å². The lowest BCUT2D eigenvalue weighted by atomic mass is 9.84. The van der Waals surface area contributed by atoms with E-state index in [1.54, 1.807) is 0 Å². The maximum absolute atomic E-state index is 12.3. The van der Waals surface area contributed by atoms with Crippen molar-refractivity contribution in [2.75, 3.05) is 0 Å². The highest BCUT2D eigenvalue weighted by molar-refractivity contribution is 5.79. The zero-order valence-electron chi connectivity index (χ0n) is 13.7. The van der Waals surface area contributed by atoms with Crippen molar-refractivity contribution in [3.63, 3.8) is 0 Å². The molecule has 0 aliphatic heterocycles. The standard InChI is InChI=1S/C18H23N3O2/c1-3-12(2)15(19-17(22)14-10-7-11-14)18-20-16(21-23-18)13-8-5-4-6-9-13/h4-6,8-9,12,14-15H,3,7,10-11H2,1-2H3,(H,19,22)/t12-,15+/m1/s1. The van der Waals surface area contributed by atoms with Crippen molar-refractivity contribution in [2.24, 2.45) is 11.8 Å². The van der Waals surface area contributed by atoms with Crippen molar-refractivity contribution in [1.82, 2.24) is 15.5 Å². The van der Waals surface area contributed by atoms with Gasteiger partial charge in [-0.3, -0.25) is 4.79 Å². The SMILES string of the molecule is CC[C@@H](C)[C@H](NC(=O)C1CCC1)c1nc(-c2ccccc2)no1. The predicted molar refractivity (Wildman–Crippen MR) is 87.4 cm³/mol. The molecule has 1 saturated carbocycles. The molecule has 1 aromatic heterocycles. The third kappa shape index (κ3) is 3.44. The Balaban J connectivity index is 1.79. The Morgan fingerprint density at radius 1 is 1.35 bits per heavy atom. The van der Waals surface area contributed by atoms with Crippen LogP contribution in [0.15, 0.2) is 34.9 Å². The summed E-state index contributed by atoms with van der Waals surface area (Å²) in [6, 6.07) is 9.49. The topological polar surface area (TPSA) is 68.0 Å². The second-order valence-electron chi connectivity index (χ2n) is 6.32. The highest BCUT2D eigenvalue weighted by Gasteiger charge is 2.31. The molecule has 0 bridgehead atoms. The van der Waals surface area contributed by atoms with E-state index >= 15 is 0 Å². The van der Waals surface area contributed by atoms with Crippen LogP contribution in [0.4, 0.5) is 0 Å². The molecule has 23 heavy (non-hydrogen) atoms. The van der Waals surface area contributed by atoms with Crippen molar-refractivity contribution < 1.29 is 9.32 Å². The first-order valence-electron chi connectivity index (χ1n) is 8.38. The number of nitrogens with one attached hydrogen (secondary N) is 1. The zero-order chi connectivity index (χ0) is 16.2. The number of aromatic nitrogens is 2. The monoisotopic (exact) mass is 313 g/mol. The first kappa shape index (κ1) is 15.7. The van der Waals surface area contributed by atoms with E-state index in [0.29, 0.717) is 11.7 Å². The van der Waals surface area contributed by atoms with Gasteiger partial charge in [-0.25, -0.2) is 0 Å². The van der Waals surface area contributed by atoms with Crippen molar-refractivity contribution in [1.29, 1.82) is 0 Å². The van der Waals surface area contributed by atoms with Gasteiger partial charge in [0.15, 0.2) is 0 Å². The summed E-state index contributed by atoms with van der Waals surface area (Å²) in [7, 11) is 0. The summed E-state index contributed by atoms with van der Waals surface area (Å²) in [6.45, 7) is 4.19. The van der Waals surface area contributed by atoms with Gasteiger partial charge in [-0.2, -0.15) is 4.98 Å². The largest absolute Gasteiger partial charge is 0.344 e. The number of amides is 1. The van der Waals surface area contributed by atoms with E-state index in [1.165, 1.54) is 0 Å². The molecule has 1 heterocycles. The maximum Gasteiger partial charge on any atom is 0.249 e. The highest BCUT2D eigenvalue weighted by Crippen LogP contribution is 2.30. The molecule has 1 aromatic carbocycles. The summed E-state index contributed by atoms with van der Waals surface area (Å²) < 4.78 is 5.46. The molecule has 3 rings (SSSR count). The molecule has 5 heteroatoms. The van der Waals surface area contributed by atoms with Gasteiger partial charge in [0.25, 0.3) is 0 Å². The quantitative estimate of drug-likeness (QED) is 0.882. The Bertz CT molecular complexity index is 649. The molecule has 5 nitrogen and oxygen atoms in total. The second-order valence-corrected chi connectivity index (χ2v) is 6.32. The first-order valence-corrected chi connectivity index (χ1v) is 8.38. The number of carbonyl (C=O) groups is 1. The Morgan fingerprint density at radius 3 is 2.70 bits per heavy atom. The molecule has 2 aromatic rings. The summed E-state index contributed by atoms with van der Waals surface area (Å²) >= 11 is 0. The van der Waals surface area contributed by atoms with Crippen LogP contribution in [-0.2, 0) is 4.79 Å². The van der Waals surface area contributed by atoms with Crippen molar-refractivity contribution in [2.45, 2.75) is 45.6 Å². The van der Waals surface area contributed by atoms with Crippen LogP contribution in [0.2, 0.25) is 0 Å². The number of nitrogens with zero attached hydrogens (tertiary/aromatic N) is 2. The van der Waals surface area contributed by atoms with E-state index < -0.39 is 0 Å². The smallest absolute Gasteiger partial charge is 0.249 e. The molecule has 122 valence electrons. The molecule has 0 unspecified atom stereocenters. The fourth-order valence-corrected chi connectivity index (χ4v) is 2.69. The average Bonchev–Trinajstić information content (AvgIpc) is 3.00. The molecular formula is C18H23N3O2. The van der Waals surface area contributed by atoms with Crippen LogP contribution in [0.3, 0.4) is 0 Å². The highest BCUT2D eigenvalue weighted by atomic mass is 16.5. The van der Waals surface area contributed by atoms with Crippen LogP contribution in [0.25, 0.3) is 11.4 Å². The lowest BCUT2D eigenvalue weighted by Gasteiger charge is -2.28. The number of carbonyl (C=O) groups excluding carboxylic acids is 1. The molecule has 0 radical (unpaired) electrons. The molecular weight excluding hydrogens is 290 g/mol. The van der Waals surface area contributed by atoms with Crippen LogP contribution in [-0.4, -0.2) is 16.0 Å². The van der Waals surface area contributed by atoms with Gasteiger partial charge in [0.05, 0.1) is 0 Å². The van der Waals surface area contributed by atoms with Crippen molar-refractivity contribution in [3.05, 3.63) is 36.2 Å². The van der Waals surface area contributed by atoms with Gasteiger partial charge in [-0.05, 0) is 18.8 Å². The molecule has 0 spiro atoms. The van der Waals surface area contributed by atoms with E-state index in [9.17, 15) is 4.79 Å². The minimum Gasteiger partial charge on any atom is -0.344 e. The van der Waals surface area contributed by atoms with E-state index in [4.69, 9.17) is 4.52 Å². The number of hydrogen-bond donors (Lipinski definition) is 1. The number of rotatable bonds is 6. The summed E-state index contributed by atoms with van der Waals surface area (Å²) in [5.74, 6) is 1.56. The second kappa shape index (κ2) is 6.94. The van der Waals surface area contributed by atoms with Gasteiger partial charge in [0.2, 0.25) is 17.6 Å². The molecule has 1 amide bonds. The Kier molecular flexibility index (Phi) is 4.74. The van der Waals surface area contributed by atoms with Crippen molar-refractivity contribution in [3.8, 4) is 11.4 Å². The van der Waals surface area contributed by atoms with Crippen LogP contribution in [0.5, 0.6) is 0 Å². The lowest BCUT2D eigenvalue weighted by molar-refractivity contribution is -0.128. The van der Waals surface area contributed by atoms with Crippen LogP contribution in [0.1, 0.15) is 51.5 Å². The van der Waals surface area contributed by atoms with Gasteiger partial charge in [-0.15, -0.1) is 0 Å². The molecule has 1 fully saturated rings. The first-order chi connectivity index (χ1) is 11.2. The lowest BCUT2D eigenvalue weighted by Crippen LogP contribution is -2.39. The minimum atomic E-state index is -0.224. The predicted octanol–water partition coefficient (Wildman–Crippen LogP) is 3.74. The molecule has 2 atom stereocenters. The molecule has 1 aliphatic carbocycles. The fourth-order valence-electron chi connectivity index (χ4n) is 2.69. The van der Waals surface area contributed by atoms with Gasteiger partial charge in [0, 0.05) is 11.5 Å². The van der Waals surface area contributed by atoms with Gasteiger partial charge >= 0.3 is 0 Å².